The SMILES string of the molecule is C=C(C(C)C)N(CCC)CCF. The molecule has 0 aliphatic carbocycles. The van der Waals surface area contributed by atoms with Crippen LogP contribution in [0.2, 0.25) is 0 Å². The van der Waals surface area contributed by atoms with E-state index in [1.165, 1.54) is 0 Å². The highest BCUT2D eigenvalue weighted by molar-refractivity contribution is 4.96. The lowest BCUT2D eigenvalue weighted by Gasteiger charge is -2.27. The first-order valence-corrected chi connectivity index (χ1v) is 4.63. The van der Waals surface area contributed by atoms with Crippen LogP contribution >= 0.6 is 0 Å². The second-order valence-corrected chi connectivity index (χ2v) is 3.32. The molecule has 0 radical (unpaired) electrons. The molecular formula is C10H20FN. The van der Waals surface area contributed by atoms with Crippen LogP contribution in [0.25, 0.3) is 0 Å². The second kappa shape index (κ2) is 6.04. The van der Waals surface area contributed by atoms with E-state index in [4.69, 9.17) is 0 Å². The molecule has 0 aromatic rings. The molecule has 0 unspecified atom stereocenters. The van der Waals surface area contributed by atoms with Crippen LogP contribution in [0.1, 0.15) is 27.2 Å². The van der Waals surface area contributed by atoms with Gasteiger partial charge in [0.1, 0.15) is 6.67 Å². The third-order valence-corrected chi connectivity index (χ3v) is 1.92. The molecule has 0 aliphatic heterocycles. The van der Waals surface area contributed by atoms with Gasteiger partial charge in [0, 0.05) is 18.8 Å². The molecule has 2 heteroatoms. The van der Waals surface area contributed by atoms with Gasteiger partial charge in [-0.1, -0.05) is 27.4 Å². The van der Waals surface area contributed by atoms with Gasteiger partial charge in [-0.3, -0.25) is 0 Å². The van der Waals surface area contributed by atoms with Crippen molar-refractivity contribution in [3.8, 4) is 0 Å². The molecule has 0 atom stereocenters. The first-order chi connectivity index (χ1) is 5.63. The number of halogens is 1. The molecule has 0 rings (SSSR count). The van der Waals surface area contributed by atoms with Gasteiger partial charge in [0.15, 0.2) is 0 Å². The van der Waals surface area contributed by atoms with E-state index >= 15 is 0 Å². The topological polar surface area (TPSA) is 3.24 Å². The first kappa shape index (κ1) is 11.5. The molecular weight excluding hydrogens is 153 g/mol. The van der Waals surface area contributed by atoms with E-state index in [0.29, 0.717) is 12.5 Å². The van der Waals surface area contributed by atoms with Crippen LogP contribution in [0.5, 0.6) is 0 Å². The minimum atomic E-state index is -0.286. The summed E-state index contributed by atoms with van der Waals surface area (Å²) in [6.45, 7) is 11.3. The van der Waals surface area contributed by atoms with Crippen LogP contribution in [0.4, 0.5) is 4.39 Å². The van der Waals surface area contributed by atoms with Crippen LogP contribution < -0.4 is 0 Å². The van der Waals surface area contributed by atoms with Gasteiger partial charge in [0.2, 0.25) is 0 Å². The van der Waals surface area contributed by atoms with Crippen LogP contribution in [-0.2, 0) is 0 Å². The molecule has 0 spiro atoms. The normalized spacial score (nSPS) is 10.4. The molecule has 0 saturated heterocycles. The van der Waals surface area contributed by atoms with Crippen molar-refractivity contribution in [2.75, 3.05) is 19.8 Å². The van der Waals surface area contributed by atoms with Gasteiger partial charge in [-0.25, -0.2) is 4.39 Å². The molecule has 0 fully saturated rings. The molecule has 0 aliphatic rings. The van der Waals surface area contributed by atoms with E-state index in [0.717, 1.165) is 18.7 Å². The van der Waals surface area contributed by atoms with E-state index in [9.17, 15) is 4.39 Å². The van der Waals surface area contributed by atoms with E-state index in [-0.39, 0.29) is 6.67 Å². The molecule has 72 valence electrons. The highest BCUT2D eigenvalue weighted by Crippen LogP contribution is 2.12. The van der Waals surface area contributed by atoms with Gasteiger partial charge in [-0.15, -0.1) is 0 Å². The summed E-state index contributed by atoms with van der Waals surface area (Å²) in [4.78, 5) is 2.03. The summed E-state index contributed by atoms with van der Waals surface area (Å²) in [7, 11) is 0. The average Bonchev–Trinajstić information content (AvgIpc) is 2.03. The molecule has 1 nitrogen and oxygen atoms in total. The molecule has 0 aromatic carbocycles. The summed E-state index contributed by atoms with van der Waals surface area (Å²) in [5.74, 6) is 0.420. The Morgan fingerprint density at radius 2 is 2.00 bits per heavy atom. The minimum Gasteiger partial charge on any atom is -0.372 e. The average molecular weight is 173 g/mol. The third-order valence-electron chi connectivity index (χ3n) is 1.92. The fraction of sp³-hybridized carbons (Fsp3) is 0.800. The Morgan fingerprint density at radius 1 is 1.42 bits per heavy atom. The summed E-state index contributed by atoms with van der Waals surface area (Å²) in [5.41, 5.74) is 1.05. The fourth-order valence-corrected chi connectivity index (χ4v) is 1.14. The zero-order valence-corrected chi connectivity index (χ0v) is 8.44. The molecule has 0 saturated carbocycles. The van der Waals surface area contributed by atoms with Gasteiger partial charge < -0.3 is 4.90 Å². The lowest BCUT2D eigenvalue weighted by atomic mass is 10.1. The van der Waals surface area contributed by atoms with Gasteiger partial charge in [0.25, 0.3) is 0 Å². The number of alkyl halides is 1. The summed E-state index contributed by atoms with van der Waals surface area (Å²) < 4.78 is 12.1. The predicted molar refractivity (Wildman–Crippen MR) is 51.8 cm³/mol. The molecule has 12 heavy (non-hydrogen) atoms. The van der Waals surface area contributed by atoms with Gasteiger partial charge in [0.05, 0.1) is 0 Å². The van der Waals surface area contributed by atoms with Crippen molar-refractivity contribution >= 4 is 0 Å². The number of hydrogen-bond donors (Lipinski definition) is 0. The summed E-state index contributed by atoms with van der Waals surface area (Å²) in [5, 5.41) is 0. The highest BCUT2D eigenvalue weighted by Gasteiger charge is 2.08. The van der Waals surface area contributed by atoms with Crippen molar-refractivity contribution in [1.29, 1.82) is 0 Å². The predicted octanol–water partition coefficient (Wildman–Crippen LogP) is 2.84. The van der Waals surface area contributed by atoms with Crippen molar-refractivity contribution in [2.24, 2.45) is 5.92 Å². The van der Waals surface area contributed by atoms with Crippen molar-refractivity contribution in [2.45, 2.75) is 27.2 Å². The minimum absolute atomic E-state index is 0.286. The van der Waals surface area contributed by atoms with E-state index in [2.05, 4.69) is 27.4 Å². The Labute approximate surface area is 75.3 Å². The molecule has 0 aromatic heterocycles. The van der Waals surface area contributed by atoms with Crippen LogP contribution in [-0.4, -0.2) is 24.7 Å². The quantitative estimate of drug-likeness (QED) is 0.597. The number of rotatable bonds is 6. The summed E-state index contributed by atoms with van der Waals surface area (Å²) in [6, 6.07) is 0. The Morgan fingerprint density at radius 3 is 2.33 bits per heavy atom. The van der Waals surface area contributed by atoms with Crippen LogP contribution in [0.3, 0.4) is 0 Å². The lowest BCUT2D eigenvalue weighted by Crippen LogP contribution is -2.28. The van der Waals surface area contributed by atoms with Crippen LogP contribution in [0, 0.1) is 5.92 Å². The van der Waals surface area contributed by atoms with Crippen molar-refractivity contribution in [3.05, 3.63) is 12.3 Å². The molecule has 0 bridgehead atoms. The van der Waals surface area contributed by atoms with Crippen molar-refractivity contribution in [1.82, 2.24) is 4.90 Å². The van der Waals surface area contributed by atoms with E-state index in [1.54, 1.807) is 0 Å². The monoisotopic (exact) mass is 173 g/mol. The lowest BCUT2D eigenvalue weighted by molar-refractivity contribution is 0.282. The van der Waals surface area contributed by atoms with Crippen molar-refractivity contribution in [3.63, 3.8) is 0 Å². The highest BCUT2D eigenvalue weighted by atomic mass is 19.1. The Kier molecular flexibility index (Phi) is 5.77. The fourth-order valence-electron chi connectivity index (χ4n) is 1.14. The van der Waals surface area contributed by atoms with E-state index in [1.807, 2.05) is 4.90 Å². The standard InChI is InChI=1S/C10H20FN/c1-5-7-12(8-6-11)10(4)9(2)3/h9H,4-8H2,1-3H3. The second-order valence-electron chi connectivity index (χ2n) is 3.32. The first-order valence-electron chi connectivity index (χ1n) is 4.63. The Balaban J connectivity index is 3.99. The number of allylic oxidation sites excluding steroid dienone is 1. The maximum Gasteiger partial charge on any atom is 0.107 e. The largest absolute Gasteiger partial charge is 0.372 e. The smallest absolute Gasteiger partial charge is 0.107 e. The van der Waals surface area contributed by atoms with Gasteiger partial charge >= 0.3 is 0 Å². The Hall–Kier alpha value is -0.530. The number of nitrogens with zero attached hydrogens (tertiary/aromatic N) is 1. The van der Waals surface area contributed by atoms with Gasteiger partial charge in [-0.05, 0) is 12.3 Å². The third kappa shape index (κ3) is 3.74. The van der Waals surface area contributed by atoms with Crippen molar-refractivity contribution < 1.29 is 4.39 Å². The zero-order chi connectivity index (χ0) is 9.56. The van der Waals surface area contributed by atoms with Gasteiger partial charge in [-0.2, -0.15) is 0 Å². The summed E-state index contributed by atoms with van der Waals surface area (Å²) in [6.07, 6.45) is 1.05. The maximum absolute atomic E-state index is 12.1. The Bertz CT molecular complexity index is 126. The maximum atomic E-state index is 12.1. The van der Waals surface area contributed by atoms with Crippen LogP contribution in [0.15, 0.2) is 12.3 Å². The number of hydrogen-bond acceptors (Lipinski definition) is 1. The molecule has 0 amide bonds. The molecule has 0 heterocycles. The zero-order valence-electron chi connectivity index (χ0n) is 8.44. The molecule has 0 N–H and O–H groups in total. The summed E-state index contributed by atoms with van der Waals surface area (Å²) >= 11 is 0. The van der Waals surface area contributed by atoms with E-state index < -0.39 is 0 Å².